The molecule has 0 unspecified atom stereocenters. The van der Waals surface area contributed by atoms with Gasteiger partial charge in [0, 0.05) is 6.21 Å². The third kappa shape index (κ3) is 3.78. The van der Waals surface area contributed by atoms with Crippen molar-refractivity contribution in [2.24, 2.45) is 4.99 Å². The molecule has 98 valence electrons. The molecular weight excluding hydrogens is 230 g/mol. The first-order chi connectivity index (χ1) is 8.96. The minimum Gasteiger partial charge on any atom is -0.287 e. The zero-order chi connectivity index (χ0) is 13.9. The number of aliphatic imine (C=N–C) groups is 1. The largest absolute Gasteiger partial charge is 0.287 e. The minimum atomic E-state index is -0.0200. The second-order valence-corrected chi connectivity index (χ2v) is 5.89. The molecule has 0 aromatic heterocycles. The van der Waals surface area contributed by atoms with Crippen molar-refractivity contribution < 1.29 is 0 Å². The van der Waals surface area contributed by atoms with E-state index in [4.69, 9.17) is 0 Å². The molecule has 2 aromatic rings. The molecule has 0 bridgehead atoms. The van der Waals surface area contributed by atoms with Crippen LogP contribution in [-0.2, 0) is 0 Å². The molecule has 1 heteroatoms. The van der Waals surface area contributed by atoms with Gasteiger partial charge >= 0.3 is 0 Å². The standard InChI is InChI=1S/C18H21N/c1-14(13-19-18(2,3)4)12-16-10-7-9-15-8-5-6-11-17(15)16/h5-13H,1-4H3/b14-12+,19-13?. The molecule has 0 aliphatic heterocycles. The lowest BCUT2D eigenvalue weighted by Crippen LogP contribution is -2.09. The van der Waals surface area contributed by atoms with E-state index < -0.39 is 0 Å². The summed E-state index contributed by atoms with van der Waals surface area (Å²) in [6.07, 6.45) is 4.15. The highest BCUT2D eigenvalue weighted by Crippen LogP contribution is 2.20. The summed E-state index contributed by atoms with van der Waals surface area (Å²) in [7, 11) is 0. The topological polar surface area (TPSA) is 12.4 Å². The highest BCUT2D eigenvalue weighted by atomic mass is 14.8. The summed E-state index contributed by atoms with van der Waals surface area (Å²) in [5, 5.41) is 2.56. The van der Waals surface area contributed by atoms with Crippen molar-refractivity contribution >= 4 is 23.1 Å². The van der Waals surface area contributed by atoms with E-state index >= 15 is 0 Å². The van der Waals surface area contributed by atoms with Gasteiger partial charge in [-0.1, -0.05) is 42.5 Å². The van der Waals surface area contributed by atoms with Crippen LogP contribution in [0.2, 0.25) is 0 Å². The van der Waals surface area contributed by atoms with Crippen molar-refractivity contribution in [3.63, 3.8) is 0 Å². The van der Waals surface area contributed by atoms with E-state index in [-0.39, 0.29) is 5.54 Å². The minimum absolute atomic E-state index is 0.0200. The number of nitrogens with zero attached hydrogens (tertiary/aromatic N) is 1. The van der Waals surface area contributed by atoms with Crippen LogP contribution < -0.4 is 0 Å². The smallest absolute Gasteiger partial charge is 0.0524 e. The van der Waals surface area contributed by atoms with E-state index in [1.165, 1.54) is 21.9 Å². The highest BCUT2D eigenvalue weighted by molar-refractivity contribution is 5.94. The van der Waals surface area contributed by atoms with Crippen LogP contribution in [0, 0.1) is 0 Å². The van der Waals surface area contributed by atoms with Gasteiger partial charge in [0.15, 0.2) is 0 Å². The highest BCUT2D eigenvalue weighted by Gasteiger charge is 2.04. The molecule has 2 aromatic carbocycles. The Labute approximate surface area is 115 Å². The van der Waals surface area contributed by atoms with Crippen LogP contribution in [0.3, 0.4) is 0 Å². The van der Waals surface area contributed by atoms with Gasteiger partial charge in [-0.15, -0.1) is 0 Å². The third-order valence-electron chi connectivity index (χ3n) is 2.86. The van der Waals surface area contributed by atoms with Gasteiger partial charge in [0.1, 0.15) is 0 Å². The van der Waals surface area contributed by atoms with Gasteiger partial charge in [-0.2, -0.15) is 0 Å². The summed E-state index contributed by atoms with van der Waals surface area (Å²) in [5.74, 6) is 0. The van der Waals surface area contributed by atoms with Crippen LogP contribution in [0.5, 0.6) is 0 Å². The number of hydrogen-bond donors (Lipinski definition) is 0. The Morgan fingerprint density at radius 1 is 1.00 bits per heavy atom. The molecule has 0 saturated carbocycles. The lowest BCUT2D eigenvalue weighted by atomic mass is 10.0. The quantitative estimate of drug-likeness (QED) is 0.657. The lowest BCUT2D eigenvalue weighted by Gasteiger charge is -2.10. The van der Waals surface area contributed by atoms with E-state index in [1.54, 1.807) is 0 Å². The molecule has 0 N–H and O–H groups in total. The molecule has 0 spiro atoms. The first kappa shape index (κ1) is 13.5. The average Bonchev–Trinajstić information content (AvgIpc) is 2.36. The van der Waals surface area contributed by atoms with E-state index in [1.807, 2.05) is 6.21 Å². The monoisotopic (exact) mass is 251 g/mol. The van der Waals surface area contributed by atoms with Gasteiger partial charge in [0.25, 0.3) is 0 Å². The zero-order valence-electron chi connectivity index (χ0n) is 12.1. The maximum absolute atomic E-state index is 4.54. The number of rotatable bonds is 2. The predicted molar refractivity (Wildman–Crippen MR) is 85.8 cm³/mol. The van der Waals surface area contributed by atoms with Crippen molar-refractivity contribution in [2.45, 2.75) is 33.2 Å². The van der Waals surface area contributed by atoms with E-state index in [2.05, 4.69) is 81.2 Å². The summed E-state index contributed by atoms with van der Waals surface area (Å²) in [5.41, 5.74) is 2.40. The molecule has 0 heterocycles. The third-order valence-corrected chi connectivity index (χ3v) is 2.86. The molecule has 0 saturated heterocycles. The first-order valence-electron chi connectivity index (χ1n) is 6.67. The molecule has 0 radical (unpaired) electrons. The summed E-state index contributed by atoms with van der Waals surface area (Å²) >= 11 is 0. The Hall–Kier alpha value is -1.89. The summed E-state index contributed by atoms with van der Waals surface area (Å²) in [6.45, 7) is 8.41. The second-order valence-electron chi connectivity index (χ2n) is 5.89. The molecule has 1 nitrogen and oxygen atoms in total. The van der Waals surface area contributed by atoms with Crippen molar-refractivity contribution in [2.75, 3.05) is 0 Å². The Balaban J connectivity index is 2.38. The summed E-state index contributed by atoms with van der Waals surface area (Å²) < 4.78 is 0. The van der Waals surface area contributed by atoms with Crippen molar-refractivity contribution in [1.29, 1.82) is 0 Å². The molecule has 0 atom stereocenters. The summed E-state index contributed by atoms with van der Waals surface area (Å²) in [4.78, 5) is 4.54. The fourth-order valence-electron chi connectivity index (χ4n) is 1.95. The van der Waals surface area contributed by atoms with Crippen LogP contribution in [0.4, 0.5) is 0 Å². The summed E-state index contributed by atoms with van der Waals surface area (Å²) in [6, 6.07) is 14.9. The number of fused-ring (bicyclic) bond motifs is 1. The Bertz CT molecular complexity index is 622. The van der Waals surface area contributed by atoms with Gasteiger partial charge in [-0.05, 0) is 55.7 Å². The molecular formula is C18H21N. The van der Waals surface area contributed by atoms with Gasteiger partial charge in [-0.25, -0.2) is 0 Å². The van der Waals surface area contributed by atoms with Crippen molar-refractivity contribution in [3.05, 3.63) is 53.6 Å². The number of hydrogen-bond acceptors (Lipinski definition) is 1. The van der Waals surface area contributed by atoms with Crippen molar-refractivity contribution in [3.8, 4) is 0 Å². The van der Waals surface area contributed by atoms with Crippen LogP contribution in [0.1, 0.15) is 33.3 Å². The van der Waals surface area contributed by atoms with Gasteiger partial charge in [-0.3, -0.25) is 4.99 Å². The predicted octanol–water partition coefficient (Wildman–Crippen LogP) is 5.11. The fourth-order valence-corrected chi connectivity index (χ4v) is 1.95. The Kier molecular flexibility index (Phi) is 3.84. The van der Waals surface area contributed by atoms with Gasteiger partial charge in [0.05, 0.1) is 5.54 Å². The first-order valence-corrected chi connectivity index (χ1v) is 6.67. The van der Waals surface area contributed by atoms with Gasteiger partial charge in [0.2, 0.25) is 0 Å². The zero-order valence-corrected chi connectivity index (χ0v) is 12.1. The molecule has 0 aliphatic carbocycles. The fraction of sp³-hybridized carbons (Fsp3) is 0.278. The molecule has 19 heavy (non-hydrogen) atoms. The second kappa shape index (κ2) is 5.40. The number of allylic oxidation sites excluding steroid dienone is 1. The maximum Gasteiger partial charge on any atom is 0.0524 e. The molecule has 2 rings (SSSR count). The lowest BCUT2D eigenvalue weighted by molar-refractivity contribution is 0.586. The SMILES string of the molecule is C/C(C=NC(C)(C)C)=C\c1cccc2ccccc12. The van der Waals surface area contributed by atoms with E-state index in [9.17, 15) is 0 Å². The molecule has 0 amide bonds. The normalized spacial score (nSPS) is 13.4. The van der Waals surface area contributed by atoms with E-state index in [0.717, 1.165) is 0 Å². The van der Waals surface area contributed by atoms with Crippen molar-refractivity contribution in [1.82, 2.24) is 0 Å². The van der Waals surface area contributed by atoms with Crippen LogP contribution in [-0.4, -0.2) is 11.8 Å². The Morgan fingerprint density at radius 2 is 1.68 bits per heavy atom. The molecule has 0 fully saturated rings. The van der Waals surface area contributed by atoms with Crippen LogP contribution in [0.15, 0.2) is 53.0 Å². The maximum atomic E-state index is 4.54. The molecule has 0 aliphatic rings. The van der Waals surface area contributed by atoms with Crippen LogP contribution in [0.25, 0.3) is 16.8 Å². The Morgan fingerprint density at radius 3 is 2.42 bits per heavy atom. The number of benzene rings is 2. The van der Waals surface area contributed by atoms with Crippen LogP contribution >= 0.6 is 0 Å². The van der Waals surface area contributed by atoms with E-state index in [0.29, 0.717) is 0 Å². The average molecular weight is 251 g/mol. The van der Waals surface area contributed by atoms with Gasteiger partial charge < -0.3 is 0 Å².